The van der Waals surface area contributed by atoms with Crippen molar-refractivity contribution in [1.82, 2.24) is 14.5 Å². The van der Waals surface area contributed by atoms with Gasteiger partial charge in [0.25, 0.3) is 0 Å². The van der Waals surface area contributed by atoms with Crippen LogP contribution >= 0.6 is 11.3 Å². The van der Waals surface area contributed by atoms with Crippen molar-refractivity contribution in [3.05, 3.63) is 175 Å². The summed E-state index contributed by atoms with van der Waals surface area (Å²) in [6.45, 7) is 4.64. The average molecular weight is 744 g/mol. The standard InChI is InChI=1S/C53H33N3S/c1-53(2)41-23-11-9-20-37(41)49-50(39-22-13-25-45-46(39)38-21-10-12-24-44(38)57-45)54-52(55-51(49)53)56-42-27-26-36-34-18-6-5-16-32(34)33-17-7-8-19-35(33)47(36)48(42)40-28-30-14-3-4-15-31(30)29-43(40)56/h3-29H,1-2H3. The van der Waals surface area contributed by atoms with Crippen molar-refractivity contribution >= 4 is 96.4 Å². The molecule has 0 spiro atoms. The molecule has 0 N–H and O–H groups in total. The molecule has 0 saturated carbocycles. The first-order valence-corrected chi connectivity index (χ1v) is 20.5. The third kappa shape index (κ3) is 4.10. The van der Waals surface area contributed by atoms with Crippen LogP contribution in [0.3, 0.4) is 0 Å². The van der Waals surface area contributed by atoms with E-state index in [0.717, 1.165) is 33.5 Å². The Hall–Kier alpha value is -6.88. The summed E-state index contributed by atoms with van der Waals surface area (Å²) in [5.41, 5.74) is 8.70. The topological polar surface area (TPSA) is 30.7 Å². The van der Waals surface area contributed by atoms with Crippen molar-refractivity contribution in [3.63, 3.8) is 0 Å². The van der Waals surface area contributed by atoms with Gasteiger partial charge < -0.3 is 0 Å². The Morgan fingerprint density at radius 1 is 0.456 bits per heavy atom. The Labute approximate surface area is 332 Å². The highest BCUT2D eigenvalue weighted by Crippen LogP contribution is 2.53. The van der Waals surface area contributed by atoms with Gasteiger partial charge in [0.2, 0.25) is 5.95 Å². The molecule has 12 aromatic rings. The van der Waals surface area contributed by atoms with Crippen LogP contribution in [0.1, 0.15) is 25.1 Å². The van der Waals surface area contributed by atoms with Gasteiger partial charge in [-0.05, 0) is 79.2 Å². The van der Waals surface area contributed by atoms with Gasteiger partial charge in [0.15, 0.2) is 0 Å². The molecule has 0 radical (unpaired) electrons. The number of hydrogen-bond donors (Lipinski definition) is 0. The summed E-state index contributed by atoms with van der Waals surface area (Å²) in [6.07, 6.45) is 0. The highest BCUT2D eigenvalue weighted by Gasteiger charge is 2.40. The smallest absolute Gasteiger partial charge is 0.235 e. The van der Waals surface area contributed by atoms with Gasteiger partial charge >= 0.3 is 0 Å². The van der Waals surface area contributed by atoms with Crippen LogP contribution in [-0.4, -0.2) is 14.5 Å². The molecule has 0 saturated heterocycles. The van der Waals surface area contributed by atoms with Gasteiger partial charge in [0.1, 0.15) is 0 Å². The van der Waals surface area contributed by atoms with Crippen LogP contribution in [-0.2, 0) is 5.41 Å². The zero-order chi connectivity index (χ0) is 37.6. The molecule has 0 fully saturated rings. The fraction of sp³-hybridized carbons (Fsp3) is 0.0566. The molecule has 9 aromatic carbocycles. The summed E-state index contributed by atoms with van der Waals surface area (Å²) >= 11 is 1.85. The molecule has 266 valence electrons. The molecule has 0 unspecified atom stereocenters. The van der Waals surface area contributed by atoms with Gasteiger partial charge in [-0.15, -0.1) is 11.3 Å². The Kier molecular flexibility index (Phi) is 6.12. The van der Waals surface area contributed by atoms with Crippen molar-refractivity contribution in [3.8, 4) is 28.3 Å². The van der Waals surface area contributed by atoms with E-state index < -0.39 is 0 Å². The maximum atomic E-state index is 5.79. The van der Waals surface area contributed by atoms with Gasteiger partial charge in [0, 0.05) is 52.9 Å². The van der Waals surface area contributed by atoms with Gasteiger partial charge in [0.05, 0.1) is 22.4 Å². The second-order valence-electron chi connectivity index (χ2n) is 16.1. The molecular weight excluding hydrogens is 711 g/mol. The van der Waals surface area contributed by atoms with E-state index in [1.54, 1.807) is 0 Å². The van der Waals surface area contributed by atoms with E-state index in [9.17, 15) is 0 Å². The number of rotatable bonds is 2. The van der Waals surface area contributed by atoms with Crippen LogP contribution in [0.25, 0.3) is 113 Å². The molecule has 0 bridgehead atoms. The molecule has 13 rings (SSSR count). The fourth-order valence-corrected chi connectivity index (χ4v) is 11.3. The first kappa shape index (κ1) is 31.3. The van der Waals surface area contributed by atoms with Crippen molar-refractivity contribution in [2.45, 2.75) is 19.3 Å². The van der Waals surface area contributed by atoms with Crippen LogP contribution in [0.2, 0.25) is 0 Å². The lowest BCUT2D eigenvalue weighted by Gasteiger charge is -2.21. The Balaban J connectivity index is 1.23. The molecule has 57 heavy (non-hydrogen) atoms. The van der Waals surface area contributed by atoms with Crippen LogP contribution in [0.15, 0.2) is 164 Å². The van der Waals surface area contributed by atoms with Crippen LogP contribution < -0.4 is 0 Å². The third-order valence-corrected chi connectivity index (χ3v) is 13.9. The quantitative estimate of drug-likeness (QED) is 0.165. The number of hydrogen-bond acceptors (Lipinski definition) is 3. The summed E-state index contributed by atoms with van der Waals surface area (Å²) < 4.78 is 4.91. The van der Waals surface area contributed by atoms with Crippen molar-refractivity contribution in [1.29, 1.82) is 0 Å². The number of benzene rings is 9. The summed E-state index contributed by atoms with van der Waals surface area (Å²) in [5.74, 6) is 0.695. The Morgan fingerprint density at radius 2 is 1.07 bits per heavy atom. The zero-order valence-corrected chi connectivity index (χ0v) is 32.2. The van der Waals surface area contributed by atoms with Crippen molar-refractivity contribution < 1.29 is 0 Å². The maximum absolute atomic E-state index is 5.79. The zero-order valence-electron chi connectivity index (χ0n) is 31.3. The van der Waals surface area contributed by atoms with E-state index in [-0.39, 0.29) is 5.41 Å². The van der Waals surface area contributed by atoms with Crippen LogP contribution in [0, 0.1) is 0 Å². The van der Waals surface area contributed by atoms with E-state index in [1.807, 2.05) is 11.3 Å². The summed E-state index contributed by atoms with van der Waals surface area (Å²) in [7, 11) is 0. The van der Waals surface area contributed by atoms with E-state index in [1.165, 1.54) is 85.2 Å². The van der Waals surface area contributed by atoms with E-state index >= 15 is 0 Å². The SMILES string of the molecule is CC1(C)c2ccccc2-c2c(-c3cccc4sc5ccccc5c34)nc(-n3c4cc5ccccc5cc4c4c5c6ccccc6c6ccccc6c5ccc43)nc21. The summed E-state index contributed by atoms with van der Waals surface area (Å²) in [5, 5.41) is 14.9. The minimum atomic E-state index is -0.337. The molecule has 1 aliphatic carbocycles. The maximum Gasteiger partial charge on any atom is 0.235 e. The highest BCUT2D eigenvalue weighted by molar-refractivity contribution is 7.25. The molecule has 3 nitrogen and oxygen atoms in total. The first-order chi connectivity index (χ1) is 28.0. The number of fused-ring (bicyclic) bond motifs is 17. The second kappa shape index (κ2) is 11.1. The largest absolute Gasteiger partial charge is 0.278 e. The van der Waals surface area contributed by atoms with Gasteiger partial charge in [-0.25, -0.2) is 9.97 Å². The molecule has 0 amide bonds. The number of nitrogens with zero attached hydrogens (tertiary/aromatic N) is 3. The van der Waals surface area contributed by atoms with Crippen LogP contribution in [0.4, 0.5) is 0 Å². The molecule has 3 aromatic heterocycles. The highest BCUT2D eigenvalue weighted by atomic mass is 32.1. The van der Waals surface area contributed by atoms with Gasteiger partial charge in [-0.3, -0.25) is 4.57 Å². The minimum absolute atomic E-state index is 0.337. The predicted molar refractivity (Wildman–Crippen MR) is 242 cm³/mol. The van der Waals surface area contributed by atoms with Crippen LogP contribution in [0.5, 0.6) is 0 Å². The molecular formula is C53H33N3S. The molecule has 0 atom stereocenters. The molecule has 0 aliphatic heterocycles. The van der Waals surface area contributed by atoms with Crippen molar-refractivity contribution in [2.75, 3.05) is 0 Å². The normalized spacial score (nSPS) is 13.6. The molecule has 3 heterocycles. The Morgan fingerprint density at radius 3 is 1.88 bits per heavy atom. The van der Waals surface area contributed by atoms with Crippen molar-refractivity contribution in [2.24, 2.45) is 0 Å². The van der Waals surface area contributed by atoms with Gasteiger partial charge in [-0.2, -0.15) is 0 Å². The van der Waals surface area contributed by atoms with Gasteiger partial charge in [-0.1, -0.05) is 147 Å². The lowest BCUT2D eigenvalue weighted by atomic mass is 9.85. The van der Waals surface area contributed by atoms with E-state index in [4.69, 9.17) is 9.97 Å². The summed E-state index contributed by atoms with van der Waals surface area (Å²) in [4.78, 5) is 11.5. The second-order valence-corrected chi connectivity index (χ2v) is 17.2. The predicted octanol–water partition coefficient (Wildman–Crippen LogP) is 14.5. The van der Waals surface area contributed by atoms with E-state index in [0.29, 0.717) is 5.95 Å². The lowest BCUT2D eigenvalue weighted by Crippen LogP contribution is -2.18. The monoisotopic (exact) mass is 743 g/mol. The molecule has 1 aliphatic rings. The Bertz CT molecular complexity index is 3700. The fourth-order valence-electron chi connectivity index (χ4n) is 10.2. The first-order valence-electron chi connectivity index (χ1n) is 19.7. The average Bonchev–Trinajstić information content (AvgIpc) is 3.87. The number of aromatic nitrogens is 3. The molecule has 4 heteroatoms. The minimum Gasteiger partial charge on any atom is -0.278 e. The summed E-state index contributed by atoms with van der Waals surface area (Å²) in [6, 6.07) is 60.2. The third-order valence-electron chi connectivity index (χ3n) is 12.7. The lowest BCUT2D eigenvalue weighted by molar-refractivity contribution is 0.632. The van der Waals surface area contributed by atoms with E-state index in [2.05, 4.69) is 182 Å². The number of thiophene rings is 1.